The van der Waals surface area contributed by atoms with Crippen molar-refractivity contribution in [3.05, 3.63) is 30.3 Å². The van der Waals surface area contributed by atoms with Crippen molar-refractivity contribution in [2.24, 2.45) is 0 Å². The van der Waals surface area contributed by atoms with E-state index in [-0.39, 0.29) is 11.4 Å². The van der Waals surface area contributed by atoms with E-state index in [4.69, 9.17) is 4.74 Å². The molecule has 34 heavy (non-hydrogen) atoms. The molecule has 2 rings (SSSR count). The van der Waals surface area contributed by atoms with Crippen LogP contribution < -0.4 is 24.4 Å². The van der Waals surface area contributed by atoms with Crippen LogP contribution in [0.3, 0.4) is 0 Å². The molecule has 1 aromatic carbocycles. The van der Waals surface area contributed by atoms with Crippen molar-refractivity contribution in [3.8, 4) is 17.5 Å². The minimum absolute atomic E-state index is 0.0992. The van der Waals surface area contributed by atoms with Gasteiger partial charge in [-0.05, 0) is 24.3 Å². The minimum atomic E-state index is -4.77. The Morgan fingerprint density at radius 2 is 1.44 bits per heavy atom. The smallest absolute Gasteiger partial charge is 0.422 e. The largest absolute Gasteiger partial charge is 0.488 e. The SMILES string of the molecule is CN(C(=O)Nc1nc(OCC(F)(F)F)cc(OCC(F)(F)F)n1)c1ccc(OCC(F)F)cc1. The number of rotatable bonds is 9. The Kier molecular flexibility index (Phi) is 8.64. The summed E-state index contributed by atoms with van der Waals surface area (Å²) in [4.78, 5) is 20.4. The fraction of sp³-hybridized carbons (Fsp3) is 0.389. The molecule has 2 aromatic rings. The first-order valence-corrected chi connectivity index (χ1v) is 9.06. The van der Waals surface area contributed by atoms with E-state index in [2.05, 4.69) is 24.8 Å². The van der Waals surface area contributed by atoms with Crippen molar-refractivity contribution in [2.45, 2.75) is 18.8 Å². The summed E-state index contributed by atoms with van der Waals surface area (Å²) in [5.74, 6) is -2.21. The fourth-order valence-corrected chi connectivity index (χ4v) is 2.14. The third-order valence-electron chi connectivity index (χ3n) is 3.57. The second-order valence-electron chi connectivity index (χ2n) is 6.36. The zero-order chi connectivity index (χ0) is 25.5. The molecule has 0 unspecified atom stereocenters. The quantitative estimate of drug-likeness (QED) is 0.500. The summed E-state index contributed by atoms with van der Waals surface area (Å²) in [6.07, 6.45) is -12.2. The predicted octanol–water partition coefficient (Wildman–Crippen LogP) is 4.67. The van der Waals surface area contributed by atoms with E-state index in [1.807, 2.05) is 0 Å². The van der Waals surface area contributed by atoms with Crippen LogP contribution in [0.4, 0.5) is 51.6 Å². The zero-order valence-electron chi connectivity index (χ0n) is 17.1. The molecule has 0 saturated heterocycles. The summed E-state index contributed by atoms with van der Waals surface area (Å²) in [5, 5.41) is 2.08. The lowest BCUT2D eigenvalue weighted by molar-refractivity contribution is -0.154. The van der Waals surface area contributed by atoms with Gasteiger partial charge in [0.15, 0.2) is 13.2 Å². The molecule has 2 amide bonds. The molecule has 0 fully saturated rings. The number of carbonyl (C=O) groups is 1. The Morgan fingerprint density at radius 3 is 1.88 bits per heavy atom. The number of urea groups is 1. The maximum Gasteiger partial charge on any atom is 0.422 e. The second kappa shape index (κ2) is 11.0. The first kappa shape index (κ1) is 26.7. The van der Waals surface area contributed by atoms with Crippen LogP contribution >= 0.6 is 0 Å². The second-order valence-corrected chi connectivity index (χ2v) is 6.36. The normalized spacial score (nSPS) is 11.8. The molecular weight excluding hydrogens is 488 g/mol. The molecular formula is C18H16F8N4O4. The number of alkyl halides is 8. The van der Waals surface area contributed by atoms with E-state index in [0.29, 0.717) is 6.07 Å². The Balaban J connectivity index is 2.14. The highest BCUT2D eigenvalue weighted by atomic mass is 19.4. The Morgan fingerprint density at radius 1 is 0.941 bits per heavy atom. The van der Waals surface area contributed by atoms with Crippen molar-refractivity contribution in [1.29, 1.82) is 0 Å². The molecule has 1 heterocycles. The van der Waals surface area contributed by atoms with Gasteiger partial charge in [-0.25, -0.2) is 13.6 Å². The Hall–Kier alpha value is -3.59. The highest BCUT2D eigenvalue weighted by Crippen LogP contribution is 2.24. The van der Waals surface area contributed by atoms with Crippen molar-refractivity contribution in [2.75, 3.05) is 37.1 Å². The van der Waals surface area contributed by atoms with Gasteiger partial charge in [-0.1, -0.05) is 0 Å². The highest BCUT2D eigenvalue weighted by molar-refractivity contribution is 6.00. The average Bonchev–Trinajstić information content (AvgIpc) is 2.73. The molecule has 0 bridgehead atoms. The van der Waals surface area contributed by atoms with Crippen LogP contribution in [0.1, 0.15) is 0 Å². The maximum atomic E-state index is 12.4. The number of carbonyl (C=O) groups excluding carboxylic acids is 1. The zero-order valence-corrected chi connectivity index (χ0v) is 17.1. The van der Waals surface area contributed by atoms with Gasteiger partial charge in [0, 0.05) is 12.7 Å². The van der Waals surface area contributed by atoms with Crippen molar-refractivity contribution >= 4 is 17.7 Å². The number of aromatic nitrogens is 2. The number of benzene rings is 1. The van der Waals surface area contributed by atoms with E-state index >= 15 is 0 Å². The van der Waals surface area contributed by atoms with Gasteiger partial charge in [0.2, 0.25) is 17.7 Å². The van der Waals surface area contributed by atoms with Crippen LogP contribution in [0.2, 0.25) is 0 Å². The first-order chi connectivity index (χ1) is 15.7. The molecule has 8 nitrogen and oxygen atoms in total. The molecule has 1 N–H and O–H groups in total. The maximum absolute atomic E-state index is 12.4. The number of hydrogen-bond acceptors (Lipinski definition) is 6. The van der Waals surface area contributed by atoms with E-state index in [9.17, 15) is 39.9 Å². The van der Waals surface area contributed by atoms with Crippen molar-refractivity contribution in [3.63, 3.8) is 0 Å². The molecule has 0 atom stereocenters. The van der Waals surface area contributed by atoms with Crippen molar-refractivity contribution < 1.29 is 54.1 Å². The molecule has 1 aromatic heterocycles. The van der Waals surface area contributed by atoms with Crippen LogP contribution in [0.5, 0.6) is 17.5 Å². The molecule has 0 aliphatic heterocycles. The number of nitrogens with zero attached hydrogens (tertiary/aromatic N) is 3. The molecule has 0 aliphatic carbocycles. The molecule has 0 aliphatic rings. The lowest BCUT2D eigenvalue weighted by Gasteiger charge is -2.18. The number of halogens is 8. The van der Waals surface area contributed by atoms with E-state index < -0.39 is 62.3 Å². The van der Waals surface area contributed by atoms with Crippen LogP contribution in [0, 0.1) is 0 Å². The molecule has 188 valence electrons. The Labute approximate surface area is 186 Å². The highest BCUT2D eigenvalue weighted by Gasteiger charge is 2.30. The average molecular weight is 504 g/mol. The molecule has 0 saturated carbocycles. The van der Waals surface area contributed by atoms with E-state index in [1.165, 1.54) is 31.3 Å². The number of ether oxygens (including phenoxy) is 3. The number of amides is 2. The third kappa shape index (κ3) is 9.50. The lowest BCUT2D eigenvalue weighted by Crippen LogP contribution is -2.32. The predicted molar refractivity (Wildman–Crippen MR) is 100 cm³/mol. The first-order valence-electron chi connectivity index (χ1n) is 9.06. The standard InChI is InChI=1S/C18H16F8N4O4/c1-30(10-2-4-11(5-3-10)32-7-12(19)20)16(31)29-15-27-13(33-8-17(21,22)23)6-14(28-15)34-9-18(24,25)26/h2-6,12H,7-9H2,1H3,(H,27,28,29,31). The van der Waals surface area contributed by atoms with Gasteiger partial charge in [-0.2, -0.15) is 36.3 Å². The summed E-state index contributed by atoms with van der Waals surface area (Å²) >= 11 is 0. The third-order valence-corrected chi connectivity index (χ3v) is 3.57. The number of hydrogen-bond donors (Lipinski definition) is 1. The summed E-state index contributed by atoms with van der Waals surface area (Å²) in [6.45, 7) is -4.45. The van der Waals surface area contributed by atoms with E-state index in [1.54, 1.807) is 0 Å². The van der Waals surface area contributed by atoms with Gasteiger partial charge in [0.25, 0.3) is 6.43 Å². The summed E-state index contributed by atoms with van der Waals surface area (Å²) in [6, 6.07) is 4.91. The van der Waals surface area contributed by atoms with Gasteiger partial charge in [-0.15, -0.1) is 0 Å². The molecule has 0 spiro atoms. The lowest BCUT2D eigenvalue weighted by atomic mass is 10.3. The number of anilines is 2. The summed E-state index contributed by atoms with van der Waals surface area (Å²) in [5.41, 5.74) is 0.222. The van der Waals surface area contributed by atoms with Crippen LogP contribution in [0.15, 0.2) is 30.3 Å². The van der Waals surface area contributed by atoms with Gasteiger partial charge in [0.05, 0.1) is 6.07 Å². The Bertz CT molecular complexity index is 918. The van der Waals surface area contributed by atoms with Crippen molar-refractivity contribution in [1.82, 2.24) is 9.97 Å². The van der Waals surface area contributed by atoms with Gasteiger partial charge in [-0.3, -0.25) is 10.2 Å². The molecule has 0 radical (unpaired) electrons. The topological polar surface area (TPSA) is 85.8 Å². The van der Waals surface area contributed by atoms with Crippen LogP contribution in [-0.4, -0.2) is 61.6 Å². The fourth-order valence-electron chi connectivity index (χ4n) is 2.14. The van der Waals surface area contributed by atoms with Gasteiger partial charge in [0.1, 0.15) is 12.4 Å². The monoisotopic (exact) mass is 504 g/mol. The summed E-state index contributed by atoms with van der Waals surface area (Å²) in [7, 11) is 1.26. The molecule has 16 heteroatoms. The van der Waals surface area contributed by atoms with Crippen LogP contribution in [-0.2, 0) is 0 Å². The number of nitrogens with one attached hydrogen (secondary N) is 1. The van der Waals surface area contributed by atoms with Gasteiger partial charge >= 0.3 is 18.4 Å². The minimum Gasteiger partial charge on any atom is -0.488 e. The van der Waals surface area contributed by atoms with Crippen LogP contribution in [0.25, 0.3) is 0 Å². The summed E-state index contributed by atoms with van der Waals surface area (Å²) < 4.78 is 112. The van der Waals surface area contributed by atoms with E-state index in [0.717, 1.165) is 4.90 Å². The van der Waals surface area contributed by atoms with Gasteiger partial charge < -0.3 is 14.2 Å².